The Morgan fingerprint density at radius 3 is 2.34 bits per heavy atom. The van der Waals surface area contributed by atoms with Crippen LogP contribution >= 0.6 is 15.9 Å². The van der Waals surface area contributed by atoms with Crippen molar-refractivity contribution in [2.24, 2.45) is 0 Å². The molecule has 1 aliphatic carbocycles. The van der Waals surface area contributed by atoms with Crippen LogP contribution in [0.1, 0.15) is 22.6 Å². The first-order valence-electron chi connectivity index (χ1n) is 9.19. The molecule has 0 atom stereocenters. The van der Waals surface area contributed by atoms with E-state index in [0.29, 0.717) is 4.47 Å². The minimum absolute atomic E-state index is 0.0357. The van der Waals surface area contributed by atoms with Gasteiger partial charge in [-0.25, -0.2) is 4.79 Å². The van der Waals surface area contributed by atoms with Crippen molar-refractivity contribution in [2.75, 3.05) is 13.2 Å². The summed E-state index contributed by atoms with van der Waals surface area (Å²) in [6.07, 6.45) is -0.493. The second kappa shape index (κ2) is 8.42. The predicted octanol–water partition coefficient (Wildman–Crippen LogP) is 5.04. The third-order valence-corrected chi connectivity index (χ3v) is 5.48. The fourth-order valence-corrected chi connectivity index (χ4v) is 3.88. The van der Waals surface area contributed by atoms with E-state index in [2.05, 4.69) is 57.4 Å². The number of fused-ring (bicyclic) bond motifs is 3. The van der Waals surface area contributed by atoms with Gasteiger partial charge in [0.25, 0.3) is 0 Å². The maximum Gasteiger partial charge on any atom is 0.407 e. The van der Waals surface area contributed by atoms with Crippen LogP contribution in [-0.4, -0.2) is 24.4 Å². The number of amides is 1. The maximum absolute atomic E-state index is 12.1. The van der Waals surface area contributed by atoms with Gasteiger partial charge >= 0.3 is 6.09 Å². The molecule has 0 fully saturated rings. The Hall–Kier alpha value is -3.23. The van der Waals surface area contributed by atoms with Gasteiger partial charge in [-0.05, 0) is 56.4 Å². The van der Waals surface area contributed by atoms with Crippen molar-refractivity contribution in [3.05, 3.63) is 87.9 Å². The van der Waals surface area contributed by atoms with Crippen LogP contribution in [0, 0.1) is 11.8 Å². The number of rotatable bonds is 3. The van der Waals surface area contributed by atoms with Gasteiger partial charge in [-0.1, -0.05) is 60.4 Å². The van der Waals surface area contributed by atoms with Crippen molar-refractivity contribution in [1.29, 1.82) is 0 Å². The molecule has 0 radical (unpaired) electrons. The predicted molar refractivity (Wildman–Crippen MR) is 116 cm³/mol. The van der Waals surface area contributed by atoms with Crippen molar-refractivity contribution in [3.8, 4) is 28.7 Å². The fourth-order valence-electron chi connectivity index (χ4n) is 3.50. The molecule has 1 aliphatic rings. The summed E-state index contributed by atoms with van der Waals surface area (Å²) in [6.45, 7) is 0.452. The molecule has 3 aromatic carbocycles. The van der Waals surface area contributed by atoms with Crippen LogP contribution in [0.2, 0.25) is 0 Å². The Morgan fingerprint density at radius 2 is 1.69 bits per heavy atom. The van der Waals surface area contributed by atoms with Crippen molar-refractivity contribution in [1.82, 2.24) is 5.32 Å². The number of hydrogen-bond acceptors (Lipinski definition) is 3. The highest BCUT2D eigenvalue weighted by Gasteiger charge is 2.28. The largest absolute Gasteiger partial charge is 0.507 e. The quantitative estimate of drug-likeness (QED) is 0.552. The Morgan fingerprint density at radius 1 is 1.03 bits per heavy atom. The second-order valence-corrected chi connectivity index (χ2v) is 7.50. The van der Waals surface area contributed by atoms with E-state index in [-0.39, 0.29) is 24.8 Å². The summed E-state index contributed by atoms with van der Waals surface area (Å²) in [5, 5.41) is 12.1. The number of aromatic hydroxyl groups is 1. The molecule has 144 valence electrons. The number of carbonyl (C=O) groups is 1. The van der Waals surface area contributed by atoms with Gasteiger partial charge in [0.2, 0.25) is 0 Å². The van der Waals surface area contributed by atoms with Gasteiger partial charge in [-0.15, -0.1) is 0 Å². The topological polar surface area (TPSA) is 58.6 Å². The smallest absolute Gasteiger partial charge is 0.407 e. The van der Waals surface area contributed by atoms with E-state index in [1.54, 1.807) is 18.2 Å². The lowest BCUT2D eigenvalue weighted by Gasteiger charge is -2.14. The van der Waals surface area contributed by atoms with Crippen LogP contribution in [0.3, 0.4) is 0 Å². The summed E-state index contributed by atoms with van der Waals surface area (Å²) in [4.78, 5) is 12.1. The Kier molecular flexibility index (Phi) is 5.55. The molecule has 0 bridgehead atoms. The fraction of sp³-hybridized carbons (Fsp3) is 0.125. The van der Waals surface area contributed by atoms with E-state index in [1.807, 2.05) is 24.3 Å². The minimum atomic E-state index is -0.493. The van der Waals surface area contributed by atoms with Crippen LogP contribution in [0.5, 0.6) is 5.75 Å². The number of alkyl carbamates (subject to hydrolysis) is 1. The summed E-state index contributed by atoms with van der Waals surface area (Å²) in [7, 11) is 0. The molecule has 0 aromatic heterocycles. The molecule has 0 heterocycles. The standard InChI is InChI=1S/C24H18BrNO3/c25-22-14-16(11-12-23(22)27)6-5-13-26-24(28)29-15-21-19-9-3-1-7-17(19)18-8-2-4-10-20(18)21/h1-4,7-12,14,21,27H,13,15H2,(H,26,28). The zero-order chi connectivity index (χ0) is 20.2. The molecular weight excluding hydrogens is 430 g/mol. The summed E-state index contributed by atoms with van der Waals surface area (Å²) < 4.78 is 6.05. The van der Waals surface area contributed by atoms with Crippen molar-refractivity contribution in [3.63, 3.8) is 0 Å². The molecule has 2 N–H and O–H groups in total. The van der Waals surface area contributed by atoms with Gasteiger partial charge in [0.15, 0.2) is 0 Å². The molecule has 4 nitrogen and oxygen atoms in total. The second-order valence-electron chi connectivity index (χ2n) is 6.65. The zero-order valence-corrected chi connectivity index (χ0v) is 17.1. The summed E-state index contributed by atoms with van der Waals surface area (Å²) in [5.74, 6) is 6.00. The van der Waals surface area contributed by atoms with Crippen molar-refractivity contribution in [2.45, 2.75) is 5.92 Å². The Bertz CT molecular complexity index is 1080. The van der Waals surface area contributed by atoms with Crippen LogP contribution < -0.4 is 5.32 Å². The molecule has 0 saturated carbocycles. The van der Waals surface area contributed by atoms with Crippen LogP contribution in [0.4, 0.5) is 4.79 Å². The molecule has 0 saturated heterocycles. The average Bonchev–Trinajstić information content (AvgIpc) is 3.06. The highest BCUT2D eigenvalue weighted by molar-refractivity contribution is 9.10. The monoisotopic (exact) mass is 447 g/mol. The lowest BCUT2D eigenvalue weighted by Crippen LogP contribution is -2.26. The highest BCUT2D eigenvalue weighted by atomic mass is 79.9. The van der Waals surface area contributed by atoms with Gasteiger partial charge in [0.1, 0.15) is 12.4 Å². The van der Waals surface area contributed by atoms with E-state index < -0.39 is 6.09 Å². The van der Waals surface area contributed by atoms with Gasteiger partial charge in [0.05, 0.1) is 11.0 Å². The Labute approximate surface area is 177 Å². The molecule has 3 aromatic rings. The lowest BCUT2D eigenvalue weighted by molar-refractivity contribution is 0.144. The molecule has 4 rings (SSSR count). The number of phenolic OH excluding ortho intramolecular Hbond substituents is 1. The molecule has 1 amide bonds. The summed E-state index contributed by atoms with van der Waals surface area (Å²) >= 11 is 3.25. The number of carbonyl (C=O) groups excluding carboxylic acids is 1. The molecule has 5 heteroatoms. The molecular formula is C24H18BrNO3. The number of halogens is 1. The van der Waals surface area contributed by atoms with E-state index in [0.717, 1.165) is 5.56 Å². The first-order chi connectivity index (χ1) is 14.1. The molecule has 0 spiro atoms. The molecule has 0 unspecified atom stereocenters. The third kappa shape index (κ3) is 4.13. The lowest BCUT2D eigenvalue weighted by atomic mass is 9.98. The van der Waals surface area contributed by atoms with E-state index in [9.17, 15) is 9.90 Å². The van der Waals surface area contributed by atoms with Crippen LogP contribution in [0.15, 0.2) is 71.2 Å². The number of nitrogens with one attached hydrogen (secondary N) is 1. The minimum Gasteiger partial charge on any atom is -0.507 e. The summed E-state index contributed by atoms with van der Waals surface area (Å²) in [5.41, 5.74) is 5.49. The molecule has 29 heavy (non-hydrogen) atoms. The SMILES string of the molecule is O=C(NCC#Cc1ccc(O)c(Br)c1)OCC1c2ccccc2-c2ccccc21. The van der Waals surface area contributed by atoms with E-state index in [4.69, 9.17) is 4.74 Å². The number of phenols is 1. The van der Waals surface area contributed by atoms with Crippen molar-refractivity contribution >= 4 is 22.0 Å². The van der Waals surface area contributed by atoms with E-state index in [1.165, 1.54) is 22.3 Å². The summed E-state index contributed by atoms with van der Waals surface area (Å²) in [6, 6.07) is 21.4. The normalized spacial score (nSPS) is 11.8. The Balaban J connectivity index is 1.35. The van der Waals surface area contributed by atoms with Gasteiger partial charge < -0.3 is 15.2 Å². The van der Waals surface area contributed by atoms with Crippen molar-refractivity contribution < 1.29 is 14.6 Å². The number of ether oxygens (including phenoxy) is 1. The average molecular weight is 448 g/mol. The van der Waals surface area contributed by atoms with Gasteiger partial charge in [0, 0.05) is 11.5 Å². The van der Waals surface area contributed by atoms with Gasteiger partial charge in [-0.2, -0.15) is 0 Å². The third-order valence-electron chi connectivity index (χ3n) is 4.85. The maximum atomic E-state index is 12.1. The first kappa shape index (κ1) is 19.1. The number of benzene rings is 3. The van der Waals surface area contributed by atoms with Crippen LogP contribution in [0.25, 0.3) is 11.1 Å². The highest BCUT2D eigenvalue weighted by Crippen LogP contribution is 2.44. The first-order valence-corrected chi connectivity index (χ1v) is 9.99. The van der Waals surface area contributed by atoms with Crippen LogP contribution in [-0.2, 0) is 4.74 Å². The van der Waals surface area contributed by atoms with E-state index >= 15 is 0 Å². The molecule has 0 aliphatic heterocycles. The number of hydrogen-bond donors (Lipinski definition) is 2. The zero-order valence-electron chi connectivity index (χ0n) is 15.5. The van der Waals surface area contributed by atoms with Gasteiger partial charge in [-0.3, -0.25) is 0 Å².